The summed E-state index contributed by atoms with van der Waals surface area (Å²) < 4.78 is 11.2. The summed E-state index contributed by atoms with van der Waals surface area (Å²) in [5, 5.41) is 0. The Kier molecular flexibility index (Phi) is 13.7. The lowest BCUT2D eigenvalue weighted by atomic mass is 10.1. The Morgan fingerprint density at radius 1 is 0.457 bits per heavy atom. The van der Waals surface area contributed by atoms with Crippen molar-refractivity contribution in [3.8, 4) is 0 Å². The predicted octanol–water partition coefficient (Wildman–Crippen LogP) is 16.6. The number of thioether (sulfide) groups is 12. The molecule has 0 saturated heterocycles. The van der Waals surface area contributed by atoms with E-state index < -0.39 is 0 Å². The zero-order chi connectivity index (χ0) is 32.5. The molecule has 0 fully saturated rings. The van der Waals surface area contributed by atoms with E-state index in [2.05, 4.69) is 89.1 Å². The minimum atomic E-state index is 1.32. The summed E-state index contributed by atoms with van der Waals surface area (Å²) in [7, 11) is 0. The Bertz CT molecular complexity index is 1620. The Balaban J connectivity index is 1.48. The fraction of sp³-hybridized carbons (Fsp3) is 0.250. The monoisotopic (exact) mass is 862 g/mol. The minimum absolute atomic E-state index is 1.32. The van der Waals surface area contributed by atoms with Crippen molar-refractivity contribution in [1.29, 1.82) is 0 Å². The van der Waals surface area contributed by atoms with E-state index in [0.29, 0.717) is 0 Å². The van der Waals surface area contributed by atoms with Crippen LogP contribution in [0.2, 0.25) is 0 Å². The average molecular weight is 864 g/mol. The van der Waals surface area contributed by atoms with Crippen LogP contribution in [0.15, 0.2) is 77.8 Å². The molecule has 242 valence electrons. The van der Waals surface area contributed by atoms with Crippen molar-refractivity contribution in [2.45, 2.75) is 27.7 Å². The quantitative estimate of drug-likeness (QED) is 0.236. The first kappa shape index (κ1) is 37.3. The molecule has 4 aliphatic heterocycles. The maximum absolute atomic E-state index is 2.38. The van der Waals surface area contributed by atoms with E-state index >= 15 is 0 Å². The third-order valence-electron chi connectivity index (χ3n) is 6.75. The van der Waals surface area contributed by atoms with Crippen LogP contribution in [0.3, 0.4) is 0 Å². The highest BCUT2D eigenvalue weighted by atomic mass is 32.3. The molecule has 0 unspecified atom stereocenters. The van der Waals surface area contributed by atoms with Gasteiger partial charge in [-0.25, -0.2) is 0 Å². The van der Waals surface area contributed by atoms with Crippen LogP contribution in [0, 0.1) is 0 Å². The van der Waals surface area contributed by atoms with Crippen LogP contribution < -0.4 is 0 Å². The zero-order valence-corrected chi connectivity index (χ0v) is 37.6. The average Bonchev–Trinajstić information content (AvgIpc) is 3.89. The van der Waals surface area contributed by atoms with Crippen molar-refractivity contribution in [2.75, 3.05) is 25.0 Å². The van der Waals surface area contributed by atoms with Crippen molar-refractivity contribution in [1.82, 2.24) is 0 Å². The fourth-order valence-corrected chi connectivity index (χ4v) is 22.0. The van der Waals surface area contributed by atoms with Crippen molar-refractivity contribution in [3.05, 3.63) is 97.3 Å². The normalized spacial score (nSPS) is 18.9. The third-order valence-corrected chi connectivity index (χ3v) is 24.3. The Morgan fingerprint density at radius 2 is 0.761 bits per heavy atom. The molecule has 0 saturated carbocycles. The summed E-state index contributed by atoms with van der Waals surface area (Å²) in [4.78, 5) is 11.0. The first-order valence-electron chi connectivity index (χ1n) is 13.8. The molecule has 2 aromatic heterocycles. The van der Waals surface area contributed by atoms with Gasteiger partial charge < -0.3 is 0 Å². The Hall–Kier alpha value is 1.52. The molecule has 0 amide bonds. The molecule has 0 spiro atoms. The lowest BCUT2D eigenvalue weighted by Gasteiger charge is -2.16. The molecule has 0 nitrogen and oxygen atoms in total. The molecular weight excluding hydrogens is 833 g/mol. The molecule has 4 aliphatic rings. The number of hydrogen-bond acceptors (Lipinski definition) is 14. The second kappa shape index (κ2) is 16.9. The molecule has 6 heterocycles. The van der Waals surface area contributed by atoms with Crippen LogP contribution in [0.1, 0.15) is 47.2 Å². The highest BCUT2D eigenvalue weighted by Gasteiger charge is 2.32. The van der Waals surface area contributed by atoms with Gasteiger partial charge in [0.05, 0.1) is 33.9 Å². The SMILES string of the molecule is CSC1=C(SC)SC(=C(C(=C2SC(SC)=C(SC)S2)c2ccc(C=C3SC(C)=C(C)S3)s2)c2ccc(C=C3SC(C)=C(C)S3)s2)S1. The van der Waals surface area contributed by atoms with Crippen molar-refractivity contribution >= 4 is 187 Å². The number of hydrogen-bond donors (Lipinski definition) is 0. The van der Waals surface area contributed by atoms with Gasteiger partial charge in [0.1, 0.15) is 0 Å². The first-order chi connectivity index (χ1) is 22.2. The van der Waals surface area contributed by atoms with E-state index in [4.69, 9.17) is 0 Å². The van der Waals surface area contributed by atoms with Crippen molar-refractivity contribution in [3.63, 3.8) is 0 Å². The highest BCUT2D eigenvalue weighted by Crippen LogP contribution is 2.65. The van der Waals surface area contributed by atoms with E-state index in [1.165, 1.54) is 84.2 Å². The van der Waals surface area contributed by atoms with Crippen LogP contribution in [0.4, 0.5) is 0 Å². The molecule has 0 atom stereocenters. The fourth-order valence-electron chi connectivity index (χ4n) is 4.31. The molecule has 0 bridgehead atoms. The van der Waals surface area contributed by atoms with Gasteiger partial charge in [0.15, 0.2) is 0 Å². The summed E-state index contributed by atoms with van der Waals surface area (Å²) in [6, 6.07) is 9.40. The Labute approximate surface area is 332 Å². The number of thiophene rings is 2. The maximum atomic E-state index is 2.38. The minimum Gasteiger partial charge on any atom is -0.136 e. The van der Waals surface area contributed by atoms with E-state index in [0.717, 1.165) is 0 Å². The van der Waals surface area contributed by atoms with Gasteiger partial charge in [0.25, 0.3) is 0 Å². The van der Waals surface area contributed by atoms with Crippen LogP contribution in [0.25, 0.3) is 23.3 Å². The molecule has 0 N–H and O–H groups in total. The maximum Gasteiger partial charge on any atom is 0.0657 e. The van der Waals surface area contributed by atoms with Gasteiger partial charge in [-0.15, -0.1) is 69.7 Å². The Morgan fingerprint density at radius 3 is 1.04 bits per heavy atom. The van der Waals surface area contributed by atoms with E-state index in [1.54, 1.807) is 0 Å². The molecule has 0 radical (unpaired) electrons. The summed E-state index contributed by atoms with van der Waals surface area (Å²) in [6.07, 6.45) is 13.6. The number of rotatable bonds is 9. The van der Waals surface area contributed by atoms with Gasteiger partial charge in [-0.3, -0.25) is 0 Å². The summed E-state index contributed by atoms with van der Waals surface area (Å²) in [6.45, 7) is 8.92. The predicted molar refractivity (Wildman–Crippen MR) is 244 cm³/mol. The molecule has 0 aliphatic carbocycles. The van der Waals surface area contributed by atoms with Gasteiger partial charge in [-0.05, 0) is 109 Å². The third kappa shape index (κ3) is 8.42. The van der Waals surface area contributed by atoms with Gasteiger partial charge >= 0.3 is 0 Å². The van der Waals surface area contributed by atoms with Gasteiger partial charge in [0, 0.05) is 30.7 Å². The highest BCUT2D eigenvalue weighted by molar-refractivity contribution is 8.41. The van der Waals surface area contributed by atoms with Crippen LogP contribution >= 0.6 is 164 Å². The smallest absolute Gasteiger partial charge is 0.0657 e. The largest absolute Gasteiger partial charge is 0.136 e. The van der Waals surface area contributed by atoms with E-state index in [-0.39, 0.29) is 0 Å². The lowest BCUT2D eigenvalue weighted by Crippen LogP contribution is -1.91. The molecule has 46 heavy (non-hydrogen) atoms. The second-order valence-corrected chi connectivity index (χ2v) is 26.3. The van der Waals surface area contributed by atoms with E-state index in [1.807, 2.05) is 164 Å². The zero-order valence-electron chi connectivity index (χ0n) is 26.2. The first-order valence-corrected chi connectivity index (χ1v) is 26.8. The number of allylic oxidation sites excluding steroid dienone is 6. The van der Waals surface area contributed by atoms with Crippen molar-refractivity contribution in [2.24, 2.45) is 0 Å². The van der Waals surface area contributed by atoms with Crippen molar-refractivity contribution < 1.29 is 0 Å². The van der Waals surface area contributed by atoms with Gasteiger partial charge in [-0.2, -0.15) is 0 Å². The molecule has 14 heteroatoms. The summed E-state index contributed by atoms with van der Waals surface area (Å²) >= 11 is 26.8. The van der Waals surface area contributed by atoms with E-state index in [9.17, 15) is 0 Å². The molecule has 2 aromatic rings. The standard InChI is InChI=1S/C32H30S14/c1-15-16(2)38-23(37-15)13-19-9-11-21(41-19)25(27-43-29(33-5)30(34-6)44-27)26(28-45-31(35-7)32(36-8)46-28)22-12-10-20(42-22)14-24-39-17(3)18(4)40-24/h9-14H,1-8H3. The van der Waals surface area contributed by atoms with Crippen LogP contribution in [-0.2, 0) is 0 Å². The lowest BCUT2D eigenvalue weighted by molar-refractivity contribution is 1.57. The molecule has 0 aromatic carbocycles. The second-order valence-electron chi connectivity index (χ2n) is 9.66. The molecule has 6 rings (SSSR count). The summed E-state index contributed by atoms with van der Waals surface area (Å²) in [5.41, 5.74) is 2.77. The van der Waals surface area contributed by atoms with Gasteiger partial charge in [-0.1, -0.05) is 94.1 Å². The van der Waals surface area contributed by atoms with Crippen LogP contribution in [-0.4, -0.2) is 25.0 Å². The van der Waals surface area contributed by atoms with Crippen LogP contribution in [0.5, 0.6) is 0 Å². The van der Waals surface area contributed by atoms with Gasteiger partial charge in [0.2, 0.25) is 0 Å². The summed E-state index contributed by atoms with van der Waals surface area (Å²) in [5.74, 6) is 0. The molecular formula is C32H30S14. The topological polar surface area (TPSA) is 0 Å².